The number of piperazine rings is 1. The summed E-state index contributed by atoms with van der Waals surface area (Å²) < 4.78 is 0. The smallest absolute Gasteiger partial charge is 0.242 e. The van der Waals surface area contributed by atoms with Gasteiger partial charge in [0.05, 0.1) is 18.6 Å². The summed E-state index contributed by atoms with van der Waals surface area (Å²) in [7, 11) is 1.66. The van der Waals surface area contributed by atoms with Crippen molar-refractivity contribution in [3.8, 4) is 0 Å². The number of aliphatic imine (C=N–C) groups is 1. The Morgan fingerprint density at radius 2 is 1.91 bits per heavy atom. The fourth-order valence-corrected chi connectivity index (χ4v) is 3.18. The number of nitrogens with zero attached hydrogens (tertiary/aromatic N) is 3. The molecule has 1 rings (SSSR count). The highest BCUT2D eigenvalue weighted by Gasteiger charge is 2.40. The molecule has 1 aliphatic heterocycles. The van der Waals surface area contributed by atoms with Crippen LogP contribution in [-0.4, -0.2) is 71.9 Å². The lowest BCUT2D eigenvalue weighted by Crippen LogP contribution is -2.66. The largest absolute Gasteiger partial charge is 0.352 e. The zero-order valence-corrected chi connectivity index (χ0v) is 15.4. The van der Waals surface area contributed by atoms with E-state index >= 15 is 0 Å². The Bertz CT molecular complexity index is 471. The topological polar surface area (TPSA) is 77.0 Å². The van der Waals surface area contributed by atoms with E-state index in [1.54, 1.807) is 7.05 Å². The highest BCUT2D eigenvalue weighted by molar-refractivity contribution is 5.90. The lowest BCUT2D eigenvalue weighted by molar-refractivity contribution is -0.145. The molecule has 1 heterocycles. The van der Waals surface area contributed by atoms with Crippen LogP contribution in [0, 0.1) is 0 Å². The van der Waals surface area contributed by atoms with Crippen LogP contribution in [0.15, 0.2) is 4.99 Å². The van der Waals surface area contributed by atoms with Crippen molar-refractivity contribution in [1.82, 2.24) is 20.4 Å². The van der Waals surface area contributed by atoms with E-state index in [1.807, 2.05) is 37.5 Å². The van der Waals surface area contributed by atoms with Gasteiger partial charge in [-0.05, 0) is 41.5 Å². The minimum Gasteiger partial charge on any atom is -0.352 e. The van der Waals surface area contributed by atoms with Crippen LogP contribution in [0.3, 0.4) is 0 Å². The minimum atomic E-state index is -0.290. The van der Waals surface area contributed by atoms with Gasteiger partial charge in [0, 0.05) is 25.7 Å². The summed E-state index contributed by atoms with van der Waals surface area (Å²) in [6.07, 6.45) is 0. The fourth-order valence-electron chi connectivity index (χ4n) is 3.18. The molecule has 7 heteroatoms. The van der Waals surface area contributed by atoms with E-state index in [-0.39, 0.29) is 42.5 Å². The summed E-state index contributed by atoms with van der Waals surface area (Å²) in [6.45, 7) is 13.1. The van der Waals surface area contributed by atoms with Crippen molar-refractivity contribution in [1.29, 1.82) is 0 Å². The van der Waals surface area contributed by atoms with Gasteiger partial charge in [-0.15, -0.1) is 0 Å². The number of guanidine groups is 1. The first-order valence-corrected chi connectivity index (χ1v) is 8.15. The van der Waals surface area contributed by atoms with Gasteiger partial charge in [-0.25, -0.2) is 0 Å². The molecule has 0 radical (unpaired) electrons. The number of amides is 2. The SMILES string of the molecule is CN=C(NCC(=O)NC(C)C)N1CC(=O)N(C(C)C)C(C)(C)C1. The summed E-state index contributed by atoms with van der Waals surface area (Å²) >= 11 is 0. The second kappa shape index (κ2) is 7.66. The van der Waals surface area contributed by atoms with E-state index in [4.69, 9.17) is 0 Å². The maximum Gasteiger partial charge on any atom is 0.242 e. The normalized spacial score (nSPS) is 18.7. The van der Waals surface area contributed by atoms with E-state index < -0.39 is 0 Å². The van der Waals surface area contributed by atoms with E-state index in [1.165, 1.54) is 0 Å². The van der Waals surface area contributed by atoms with Gasteiger partial charge < -0.3 is 20.4 Å². The van der Waals surface area contributed by atoms with E-state index in [0.29, 0.717) is 12.5 Å². The average Bonchev–Trinajstić information content (AvgIpc) is 2.35. The first kappa shape index (κ1) is 19.3. The second-order valence-electron chi connectivity index (χ2n) is 7.15. The molecule has 0 aromatic rings. The molecule has 1 fully saturated rings. The number of rotatable bonds is 4. The van der Waals surface area contributed by atoms with Crippen LogP contribution < -0.4 is 10.6 Å². The molecule has 0 atom stereocenters. The summed E-state index contributed by atoms with van der Waals surface area (Å²) in [5.41, 5.74) is -0.290. The van der Waals surface area contributed by atoms with Gasteiger partial charge in [0.15, 0.2) is 5.96 Å². The van der Waals surface area contributed by atoms with Gasteiger partial charge in [0.1, 0.15) is 0 Å². The van der Waals surface area contributed by atoms with Crippen LogP contribution in [0.2, 0.25) is 0 Å². The molecule has 0 saturated carbocycles. The van der Waals surface area contributed by atoms with Crippen LogP contribution >= 0.6 is 0 Å². The molecule has 1 aliphatic rings. The first-order chi connectivity index (χ1) is 10.6. The number of carbonyl (C=O) groups is 2. The quantitative estimate of drug-likeness (QED) is 0.580. The first-order valence-electron chi connectivity index (χ1n) is 8.15. The maximum atomic E-state index is 12.5. The molecular formula is C16H31N5O2. The number of hydrogen-bond donors (Lipinski definition) is 2. The zero-order chi connectivity index (χ0) is 17.8. The summed E-state index contributed by atoms with van der Waals surface area (Å²) in [4.78, 5) is 32.3. The Kier molecular flexibility index (Phi) is 6.41. The molecule has 0 spiro atoms. The number of nitrogens with one attached hydrogen (secondary N) is 2. The third-order valence-electron chi connectivity index (χ3n) is 3.71. The second-order valence-corrected chi connectivity index (χ2v) is 7.15. The fraction of sp³-hybridized carbons (Fsp3) is 0.812. The van der Waals surface area contributed by atoms with Gasteiger partial charge in [-0.3, -0.25) is 14.6 Å². The zero-order valence-electron chi connectivity index (χ0n) is 15.4. The van der Waals surface area contributed by atoms with Crippen molar-refractivity contribution in [3.05, 3.63) is 0 Å². The predicted octanol–water partition coefficient (Wildman–Crippen LogP) is 0.418. The van der Waals surface area contributed by atoms with Gasteiger partial charge in [-0.2, -0.15) is 0 Å². The monoisotopic (exact) mass is 325 g/mol. The lowest BCUT2D eigenvalue weighted by Gasteiger charge is -2.49. The lowest BCUT2D eigenvalue weighted by atomic mass is 9.96. The van der Waals surface area contributed by atoms with Gasteiger partial charge in [0.2, 0.25) is 11.8 Å². The molecule has 0 aromatic heterocycles. The molecule has 7 nitrogen and oxygen atoms in total. The highest BCUT2D eigenvalue weighted by atomic mass is 16.2. The summed E-state index contributed by atoms with van der Waals surface area (Å²) in [5.74, 6) is 0.562. The summed E-state index contributed by atoms with van der Waals surface area (Å²) in [6, 6.07) is 0.257. The Balaban J connectivity index is 2.74. The van der Waals surface area contributed by atoms with E-state index in [9.17, 15) is 9.59 Å². The molecule has 1 saturated heterocycles. The van der Waals surface area contributed by atoms with Crippen LogP contribution in [0.4, 0.5) is 0 Å². The number of carbonyl (C=O) groups excluding carboxylic acids is 2. The van der Waals surface area contributed by atoms with Crippen LogP contribution in [0.1, 0.15) is 41.5 Å². The molecule has 132 valence electrons. The predicted molar refractivity (Wildman–Crippen MR) is 92.3 cm³/mol. The highest BCUT2D eigenvalue weighted by Crippen LogP contribution is 2.24. The third kappa shape index (κ3) is 5.11. The molecule has 0 aromatic carbocycles. The van der Waals surface area contributed by atoms with Gasteiger partial charge in [-0.1, -0.05) is 0 Å². The molecule has 2 amide bonds. The van der Waals surface area contributed by atoms with Gasteiger partial charge in [0.25, 0.3) is 0 Å². The van der Waals surface area contributed by atoms with E-state index in [2.05, 4.69) is 29.5 Å². The Morgan fingerprint density at radius 3 is 2.35 bits per heavy atom. The van der Waals surface area contributed by atoms with Crippen LogP contribution in [0.5, 0.6) is 0 Å². The summed E-state index contributed by atoms with van der Waals surface area (Å²) in [5, 5.41) is 5.86. The van der Waals surface area contributed by atoms with Crippen LogP contribution in [-0.2, 0) is 9.59 Å². The van der Waals surface area contributed by atoms with Crippen molar-refractivity contribution < 1.29 is 9.59 Å². The van der Waals surface area contributed by atoms with Crippen molar-refractivity contribution in [3.63, 3.8) is 0 Å². The van der Waals surface area contributed by atoms with Crippen molar-refractivity contribution in [2.45, 2.75) is 59.2 Å². The average molecular weight is 325 g/mol. The molecular weight excluding hydrogens is 294 g/mol. The van der Waals surface area contributed by atoms with Gasteiger partial charge >= 0.3 is 0 Å². The Labute approximate surface area is 139 Å². The van der Waals surface area contributed by atoms with Crippen LogP contribution in [0.25, 0.3) is 0 Å². The van der Waals surface area contributed by atoms with Crippen molar-refractivity contribution in [2.75, 3.05) is 26.7 Å². The molecule has 0 unspecified atom stereocenters. The molecule has 0 bridgehead atoms. The third-order valence-corrected chi connectivity index (χ3v) is 3.71. The van der Waals surface area contributed by atoms with E-state index in [0.717, 1.165) is 0 Å². The van der Waals surface area contributed by atoms with Crippen molar-refractivity contribution >= 4 is 17.8 Å². The Hall–Kier alpha value is -1.79. The standard InChI is InChI=1S/C16H31N5O2/c1-11(2)19-13(22)8-18-15(17-7)20-9-14(23)21(12(3)4)16(5,6)10-20/h11-12H,8-10H2,1-7H3,(H,17,18)(H,19,22). The maximum absolute atomic E-state index is 12.5. The Morgan fingerprint density at radius 1 is 1.30 bits per heavy atom. The van der Waals surface area contributed by atoms with Crippen molar-refractivity contribution in [2.24, 2.45) is 4.99 Å². The molecule has 0 aliphatic carbocycles. The minimum absolute atomic E-state index is 0.0748. The molecule has 2 N–H and O–H groups in total. The molecule has 23 heavy (non-hydrogen) atoms. The number of hydrogen-bond acceptors (Lipinski definition) is 3.